The van der Waals surface area contributed by atoms with Crippen LogP contribution >= 0.6 is 0 Å². The van der Waals surface area contributed by atoms with Crippen molar-refractivity contribution in [1.29, 1.82) is 0 Å². The van der Waals surface area contributed by atoms with Gasteiger partial charge in [-0.3, -0.25) is 0 Å². The highest BCUT2D eigenvalue weighted by Crippen LogP contribution is 2.22. The summed E-state index contributed by atoms with van der Waals surface area (Å²) in [5.41, 5.74) is 5.21. The van der Waals surface area contributed by atoms with Gasteiger partial charge in [0.2, 0.25) is 10.0 Å². The van der Waals surface area contributed by atoms with Crippen LogP contribution < -0.4 is 10.5 Å². The molecule has 1 fully saturated rings. The third-order valence-electron chi connectivity index (χ3n) is 3.32. The van der Waals surface area contributed by atoms with E-state index in [-0.39, 0.29) is 10.6 Å². The van der Waals surface area contributed by atoms with Crippen LogP contribution in [0.3, 0.4) is 0 Å². The molecule has 0 saturated heterocycles. The smallest absolute Gasteiger partial charge is 0.241 e. The highest BCUT2D eigenvalue weighted by Gasteiger charge is 2.28. The van der Waals surface area contributed by atoms with E-state index in [1.54, 1.807) is 0 Å². The molecule has 7 heteroatoms. The Morgan fingerprint density at radius 3 is 2.63 bits per heavy atom. The van der Waals surface area contributed by atoms with Crippen LogP contribution in [0.5, 0.6) is 0 Å². The molecule has 106 valence electrons. The first-order valence-corrected chi connectivity index (χ1v) is 7.64. The molecule has 1 aliphatic carbocycles. The third-order valence-corrected chi connectivity index (χ3v) is 4.81. The molecular weight excluding hydrogens is 271 g/mol. The lowest BCUT2D eigenvalue weighted by Crippen LogP contribution is -2.44. The molecule has 19 heavy (non-hydrogen) atoms. The Balaban J connectivity index is 2.19. The highest BCUT2D eigenvalue weighted by molar-refractivity contribution is 7.89. The maximum Gasteiger partial charge on any atom is 0.241 e. The number of nitrogen functional groups attached to an aromatic ring is 1. The van der Waals surface area contributed by atoms with Gasteiger partial charge in [-0.25, -0.2) is 17.5 Å². The van der Waals surface area contributed by atoms with E-state index < -0.39 is 28.0 Å². The van der Waals surface area contributed by atoms with Crippen LogP contribution in [0.2, 0.25) is 0 Å². The fourth-order valence-corrected chi connectivity index (χ4v) is 3.51. The standard InChI is InChI=1S/C12H17FN2O3S/c13-9-7-8(5-6-10(9)14)19(17,18)15-11-3-1-2-4-12(11)16/h5-7,11-12,15-16H,1-4,14H2. The predicted molar refractivity (Wildman–Crippen MR) is 69.4 cm³/mol. The first kappa shape index (κ1) is 14.2. The fraction of sp³-hybridized carbons (Fsp3) is 0.500. The predicted octanol–water partition coefficient (Wildman–Crippen LogP) is 0.990. The molecule has 0 spiro atoms. The van der Waals surface area contributed by atoms with Gasteiger partial charge in [-0.1, -0.05) is 12.8 Å². The number of rotatable bonds is 3. The van der Waals surface area contributed by atoms with E-state index in [2.05, 4.69) is 4.72 Å². The van der Waals surface area contributed by atoms with Crippen molar-refractivity contribution in [3.63, 3.8) is 0 Å². The first-order chi connectivity index (χ1) is 8.90. The second kappa shape index (κ2) is 5.44. The summed E-state index contributed by atoms with van der Waals surface area (Å²) < 4.78 is 39.9. The topological polar surface area (TPSA) is 92.4 Å². The van der Waals surface area contributed by atoms with Crippen LogP contribution in [-0.2, 0) is 10.0 Å². The van der Waals surface area contributed by atoms with Crippen molar-refractivity contribution in [1.82, 2.24) is 4.72 Å². The summed E-state index contributed by atoms with van der Waals surface area (Å²) in [6.07, 6.45) is 2.21. The second-order valence-corrected chi connectivity index (χ2v) is 6.48. The Morgan fingerprint density at radius 2 is 2.00 bits per heavy atom. The Labute approximate surface area is 111 Å². The summed E-state index contributed by atoms with van der Waals surface area (Å²) in [6.45, 7) is 0. The molecule has 1 saturated carbocycles. The summed E-state index contributed by atoms with van der Waals surface area (Å²) in [6, 6.07) is 2.82. The van der Waals surface area contributed by atoms with Crippen LogP contribution in [0.4, 0.5) is 10.1 Å². The van der Waals surface area contributed by atoms with Gasteiger partial charge in [0.1, 0.15) is 5.82 Å². The SMILES string of the molecule is Nc1ccc(S(=O)(=O)NC2CCCCC2O)cc1F. The Bertz CT molecular complexity index is 562. The number of anilines is 1. The van der Waals surface area contributed by atoms with Gasteiger partial charge in [0.15, 0.2) is 0 Å². The van der Waals surface area contributed by atoms with Crippen molar-refractivity contribution in [2.45, 2.75) is 42.7 Å². The minimum absolute atomic E-state index is 0.100. The van der Waals surface area contributed by atoms with Crippen LogP contribution in [0, 0.1) is 5.82 Å². The molecular formula is C12H17FN2O3S. The minimum atomic E-state index is -3.84. The van der Waals surface area contributed by atoms with Crippen molar-refractivity contribution in [2.24, 2.45) is 0 Å². The van der Waals surface area contributed by atoms with Gasteiger partial charge in [-0.2, -0.15) is 0 Å². The van der Waals surface area contributed by atoms with Gasteiger partial charge in [0, 0.05) is 6.04 Å². The molecule has 2 atom stereocenters. The molecule has 0 amide bonds. The highest BCUT2D eigenvalue weighted by atomic mass is 32.2. The maximum atomic E-state index is 13.3. The molecule has 0 bridgehead atoms. The number of sulfonamides is 1. The van der Waals surface area contributed by atoms with Gasteiger partial charge < -0.3 is 10.8 Å². The summed E-state index contributed by atoms with van der Waals surface area (Å²) in [7, 11) is -3.84. The van der Waals surface area contributed by atoms with E-state index in [0.29, 0.717) is 12.8 Å². The third kappa shape index (κ3) is 3.23. The lowest BCUT2D eigenvalue weighted by atomic mass is 9.93. The largest absolute Gasteiger partial charge is 0.396 e. The van der Waals surface area contributed by atoms with Gasteiger partial charge in [0.25, 0.3) is 0 Å². The number of hydrogen-bond donors (Lipinski definition) is 3. The van der Waals surface area contributed by atoms with Crippen molar-refractivity contribution in [3.05, 3.63) is 24.0 Å². The van der Waals surface area contributed by atoms with Gasteiger partial charge in [-0.05, 0) is 31.0 Å². The second-order valence-electron chi connectivity index (χ2n) is 4.76. The molecule has 1 aromatic carbocycles. The molecule has 5 nitrogen and oxygen atoms in total. The molecule has 1 aliphatic rings. The van der Waals surface area contributed by atoms with Crippen molar-refractivity contribution < 1.29 is 17.9 Å². The Morgan fingerprint density at radius 1 is 1.32 bits per heavy atom. The molecule has 4 N–H and O–H groups in total. The van der Waals surface area contributed by atoms with E-state index >= 15 is 0 Å². The number of nitrogens with one attached hydrogen (secondary N) is 1. The number of aliphatic hydroxyl groups is 1. The number of benzene rings is 1. The monoisotopic (exact) mass is 288 g/mol. The summed E-state index contributed by atoms with van der Waals surface area (Å²) in [5.74, 6) is -0.771. The summed E-state index contributed by atoms with van der Waals surface area (Å²) in [4.78, 5) is -0.183. The van der Waals surface area contributed by atoms with Crippen LogP contribution in [0.25, 0.3) is 0 Å². The molecule has 0 aliphatic heterocycles. The lowest BCUT2D eigenvalue weighted by molar-refractivity contribution is 0.101. The normalized spacial score (nSPS) is 24.3. The van der Waals surface area contributed by atoms with Crippen molar-refractivity contribution in [3.8, 4) is 0 Å². The van der Waals surface area contributed by atoms with E-state index in [1.165, 1.54) is 12.1 Å². The molecule has 0 aromatic heterocycles. The average Bonchev–Trinajstić information content (AvgIpc) is 2.35. The fourth-order valence-electron chi connectivity index (χ4n) is 2.19. The van der Waals surface area contributed by atoms with Gasteiger partial charge in [-0.15, -0.1) is 0 Å². The van der Waals surface area contributed by atoms with Crippen LogP contribution in [0.1, 0.15) is 25.7 Å². The van der Waals surface area contributed by atoms with Crippen molar-refractivity contribution in [2.75, 3.05) is 5.73 Å². The number of halogens is 1. The quantitative estimate of drug-likeness (QED) is 0.723. The number of nitrogens with two attached hydrogens (primary N) is 1. The van der Waals surface area contributed by atoms with E-state index in [0.717, 1.165) is 18.9 Å². The lowest BCUT2D eigenvalue weighted by Gasteiger charge is -2.28. The van der Waals surface area contributed by atoms with E-state index in [9.17, 15) is 17.9 Å². The van der Waals surface area contributed by atoms with Crippen molar-refractivity contribution >= 4 is 15.7 Å². The zero-order valence-corrected chi connectivity index (χ0v) is 11.2. The van der Waals surface area contributed by atoms with E-state index in [1.807, 2.05) is 0 Å². The maximum absolute atomic E-state index is 13.3. The zero-order valence-electron chi connectivity index (χ0n) is 10.3. The molecule has 2 unspecified atom stereocenters. The Hall–Kier alpha value is -1.18. The summed E-state index contributed by atoms with van der Waals surface area (Å²) in [5, 5.41) is 9.76. The number of hydrogen-bond acceptors (Lipinski definition) is 4. The minimum Gasteiger partial charge on any atom is -0.396 e. The van der Waals surface area contributed by atoms with Gasteiger partial charge >= 0.3 is 0 Å². The molecule has 2 rings (SSSR count). The first-order valence-electron chi connectivity index (χ1n) is 6.15. The summed E-state index contributed by atoms with van der Waals surface area (Å²) >= 11 is 0. The molecule has 0 heterocycles. The van der Waals surface area contributed by atoms with Gasteiger partial charge in [0.05, 0.1) is 16.7 Å². The van der Waals surface area contributed by atoms with E-state index in [4.69, 9.17) is 5.73 Å². The van der Waals surface area contributed by atoms with Crippen LogP contribution in [-0.4, -0.2) is 25.7 Å². The Kier molecular flexibility index (Phi) is 4.07. The number of aliphatic hydroxyl groups excluding tert-OH is 1. The van der Waals surface area contributed by atoms with Crippen LogP contribution in [0.15, 0.2) is 23.1 Å². The molecule has 1 aromatic rings. The molecule has 0 radical (unpaired) electrons. The zero-order chi connectivity index (χ0) is 14.0. The average molecular weight is 288 g/mol.